The molecule has 0 aliphatic heterocycles. The minimum atomic E-state index is 0.178. The Morgan fingerprint density at radius 3 is 2.19 bits per heavy atom. The summed E-state index contributed by atoms with van der Waals surface area (Å²) < 4.78 is 0. The van der Waals surface area contributed by atoms with E-state index in [0.29, 0.717) is 0 Å². The molecule has 0 N–H and O–H groups in total. The van der Waals surface area contributed by atoms with Gasteiger partial charge in [0, 0.05) is 36.3 Å². The molecule has 2 heteroatoms. The number of nitrogens with zero attached hydrogens (tertiary/aromatic N) is 1. The Kier molecular flexibility index (Phi) is 6.27. The van der Waals surface area contributed by atoms with E-state index in [9.17, 15) is 4.79 Å². The fraction of sp³-hybridized carbons (Fsp3) is 0.375. The molecule has 0 bridgehead atoms. The number of anilines is 1. The lowest BCUT2D eigenvalue weighted by Gasteiger charge is -2.24. The summed E-state index contributed by atoms with van der Waals surface area (Å²) in [5.41, 5.74) is 5.30. The highest BCUT2D eigenvalue weighted by Gasteiger charge is 2.23. The smallest absolute Gasteiger partial charge is 0.189 e. The molecule has 1 aliphatic carbocycles. The Balaban J connectivity index is 1.74. The normalized spacial score (nSPS) is 14.7. The number of carbonyl (C=O) groups excluding carboxylic acids is 1. The van der Waals surface area contributed by atoms with Gasteiger partial charge in [-0.1, -0.05) is 63.1 Å². The van der Waals surface area contributed by atoms with Gasteiger partial charge >= 0.3 is 0 Å². The van der Waals surface area contributed by atoms with Gasteiger partial charge in [0.2, 0.25) is 0 Å². The van der Waals surface area contributed by atoms with Crippen molar-refractivity contribution in [3.05, 3.63) is 70.8 Å². The summed E-state index contributed by atoms with van der Waals surface area (Å²) in [6.45, 7) is 6.71. The van der Waals surface area contributed by atoms with Crippen molar-refractivity contribution in [2.75, 3.05) is 18.0 Å². The standard InChI is InChI=1S/C24H29NO/c1-3-5-15-25(16-6-4-2)22-13-11-19(12-14-22)17-21-18-20-9-7-8-10-23(20)24(21)26/h7-14,17H,3-6,15-16,18H2,1-2H3/b21-17-. The second-order valence-corrected chi connectivity index (χ2v) is 7.12. The molecule has 0 fully saturated rings. The van der Waals surface area contributed by atoms with Gasteiger partial charge in [0.15, 0.2) is 5.78 Å². The van der Waals surface area contributed by atoms with Crippen LogP contribution in [-0.4, -0.2) is 18.9 Å². The number of carbonyl (C=O) groups is 1. The average Bonchev–Trinajstić information content (AvgIpc) is 2.99. The van der Waals surface area contributed by atoms with Crippen LogP contribution in [0.4, 0.5) is 5.69 Å². The van der Waals surface area contributed by atoms with E-state index in [1.807, 2.05) is 18.2 Å². The van der Waals surface area contributed by atoms with Crippen molar-refractivity contribution in [2.45, 2.75) is 46.0 Å². The average molecular weight is 348 g/mol. The number of ketones is 1. The first kappa shape index (κ1) is 18.4. The molecule has 0 atom stereocenters. The number of hydrogen-bond acceptors (Lipinski definition) is 2. The first-order valence-corrected chi connectivity index (χ1v) is 9.91. The monoisotopic (exact) mass is 347 g/mol. The van der Waals surface area contributed by atoms with Crippen LogP contribution in [0.1, 0.15) is 61.0 Å². The lowest BCUT2D eigenvalue weighted by Crippen LogP contribution is -2.25. The van der Waals surface area contributed by atoms with Crippen LogP contribution >= 0.6 is 0 Å². The van der Waals surface area contributed by atoms with Crippen LogP contribution in [0.5, 0.6) is 0 Å². The van der Waals surface area contributed by atoms with E-state index in [1.54, 1.807) is 0 Å². The first-order chi connectivity index (χ1) is 12.7. The Bertz CT molecular complexity index is 765. The molecular formula is C24H29NO. The van der Waals surface area contributed by atoms with Gasteiger partial charge < -0.3 is 4.90 Å². The molecule has 2 aromatic carbocycles. The van der Waals surface area contributed by atoms with Gasteiger partial charge in [-0.25, -0.2) is 0 Å². The highest BCUT2D eigenvalue weighted by molar-refractivity contribution is 6.15. The zero-order chi connectivity index (χ0) is 18.4. The molecule has 0 saturated heterocycles. The van der Waals surface area contributed by atoms with Gasteiger partial charge in [-0.3, -0.25) is 4.79 Å². The topological polar surface area (TPSA) is 20.3 Å². The Morgan fingerprint density at radius 2 is 1.58 bits per heavy atom. The van der Waals surface area contributed by atoms with E-state index in [-0.39, 0.29) is 5.78 Å². The number of fused-ring (bicyclic) bond motifs is 1. The molecule has 2 nitrogen and oxygen atoms in total. The maximum Gasteiger partial charge on any atom is 0.189 e. The second kappa shape index (κ2) is 8.84. The molecule has 0 saturated carbocycles. The molecule has 0 unspecified atom stereocenters. The van der Waals surface area contributed by atoms with Crippen molar-refractivity contribution in [1.29, 1.82) is 0 Å². The summed E-state index contributed by atoms with van der Waals surface area (Å²) in [4.78, 5) is 15.0. The van der Waals surface area contributed by atoms with Crippen LogP contribution in [0, 0.1) is 0 Å². The van der Waals surface area contributed by atoms with Crippen LogP contribution < -0.4 is 4.90 Å². The quantitative estimate of drug-likeness (QED) is 0.553. The van der Waals surface area contributed by atoms with Crippen LogP contribution in [0.25, 0.3) is 6.08 Å². The van der Waals surface area contributed by atoms with Crippen LogP contribution in [0.3, 0.4) is 0 Å². The van der Waals surface area contributed by atoms with Crippen molar-refractivity contribution in [2.24, 2.45) is 0 Å². The maximum atomic E-state index is 12.5. The molecule has 0 radical (unpaired) electrons. The molecule has 0 aromatic heterocycles. The summed E-state index contributed by atoms with van der Waals surface area (Å²) in [6.07, 6.45) is 7.68. The summed E-state index contributed by atoms with van der Waals surface area (Å²) in [6, 6.07) is 16.6. The van der Waals surface area contributed by atoms with Crippen molar-refractivity contribution in [1.82, 2.24) is 0 Å². The van der Waals surface area contributed by atoms with Gasteiger partial charge in [-0.15, -0.1) is 0 Å². The predicted molar refractivity (Wildman–Crippen MR) is 111 cm³/mol. The van der Waals surface area contributed by atoms with Crippen LogP contribution in [0.15, 0.2) is 54.1 Å². The van der Waals surface area contributed by atoms with E-state index < -0.39 is 0 Å². The first-order valence-electron chi connectivity index (χ1n) is 9.91. The molecule has 2 aromatic rings. The number of benzene rings is 2. The minimum absolute atomic E-state index is 0.178. The second-order valence-electron chi connectivity index (χ2n) is 7.12. The molecule has 3 rings (SSSR count). The summed E-state index contributed by atoms with van der Waals surface area (Å²) >= 11 is 0. The van der Waals surface area contributed by atoms with E-state index in [2.05, 4.69) is 55.2 Å². The Morgan fingerprint density at radius 1 is 0.923 bits per heavy atom. The zero-order valence-electron chi connectivity index (χ0n) is 16.0. The van der Waals surface area contributed by atoms with E-state index >= 15 is 0 Å². The maximum absolute atomic E-state index is 12.5. The number of hydrogen-bond donors (Lipinski definition) is 0. The van der Waals surface area contributed by atoms with E-state index in [1.165, 1.54) is 31.4 Å². The van der Waals surface area contributed by atoms with Crippen molar-refractivity contribution in [3.8, 4) is 0 Å². The highest BCUT2D eigenvalue weighted by atomic mass is 16.1. The van der Waals surface area contributed by atoms with Gasteiger partial charge in [0.1, 0.15) is 0 Å². The van der Waals surface area contributed by atoms with Gasteiger partial charge in [0.25, 0.3) is 0 Å². The molecule has 1 aliphatic rings. The third-order valence-electron chi connectivity index (χ3n) is 5.10. The SMILES string of the molecule is CCCCN(CCCC)c1ccc(/C=C2/Cc3ccccc3C2=O)cc1. The summed E-state index contributed by atoms with van der Waals surface area (Å²) in [5, 5.41) is 0. The Labute approximate surface area is 157 Å². The molecular weight excluding hydrogens is 318 g/mol. The third-order valence-corrected chi connectivity index (χ3v) is 5.10. The highest BCUT2D eigenvalue weighted by Crippen LogP contribution is 2.28. The van der Waals surface area contributed by atoms with Gasteiger partial charge in [-0.2, -0.15) is 0 Å². The predicted octanol–water partition coefficient (Wildman–Crippen LogP) is 5.92. The van der Waals surface area contributed by atoms with E-state index in [0.717, 1.165) is 41.8 Å². The molecule has 26 heavy (non-hydrogen) atoms. The molecule has 0 amide bonds. The summed E-state index contributed by atoms with van der Waals surface area (Å²) in [5.74, 6) is 0.178. The number of rotatable bonds is 8. The van der Waals surface area contributed by atoms with E-state index in [4.69, 9.17) is 0 Å². The largest absolute Gasteiger partial charge is 0.372 e. The fourth-order valence-corrected chi connectivity index (χ4v) is 3.52. The van der Waals surface area contributed by atoms with Crippen LogP contribution in [0.2, 0.25) is 0 Å². The van der Waals surface area contributed by atoms with Crippen molar-refractivity contribution in [3.63, 3.8) is 0 Å². The molecule has 0 spiro atoms. The fourth-order valence-electron chi connectivity index (χ4n) is 3.52. The zero-order valence-corrected chi connectivity index (χ0v) is 16.0. The number of allylic oxidation sites excluding steroid dienone is 1. The minimum Gasteiger partial charge on any atom is -0.372 e. The van der Waals surface area contributed by atoms with Gasteiger partial charge in [-0.05, 0) is 42.2 Å². The lowest BCUT2D eigenvalue weighted by atomic mass is 10.1. The van der Waals surface area contributed by atoms with Crippen molar-refractivity contribution >= 4 is 17.5 Å². The van der Waals surface area contributed by atoms with Crippen LogP contribution in [-0.2, 0) is 6.42 Å². The van der Waals surface area contributed by atoms with Crippen molar-refractivity contribution < 1.29 is 4.79 Å². The molecule has 136 valence electrons. The Hall–Kier alpha value is -2.35. The molecule has 0 heterocycles. The van der Waals surface area contributed by atoms with Gasteiger partial charge in [0.05, 0.1) is 0 Å². The summed E-state index contributed by atoms with van der Waals surface area (Å²) in [7, 11) is 0. The number of unbranched alkanes of at least 4 members (excludes halogenated alkanes) is 2. The number of Topliss-reactive ketones (excluding diaryl/α,β-unsaturated/α-hetero) is 1. The lowest BCUT2D eigenvalue weighted by molar-refractivity contribution is 0.104. The third kappa shape index (κ3) is 4.24.